The molecule has 102 valence electrons. The van der Waals surface area contributed by atoms with Gasteiger partial charge in [0.25, 0.3) is 0 Å². The number of esters is 1. The number of hydrogen-bond donors (Lipinski definition) is 2. The van der Waals surface area contributed by atoms with Crippen molar-refractivity contribution in [2.45, 2.75) is 6.92 Å². The van der Waals surface area contributed by atoms with E-state index >= 15 is 0 Å². The van der Waals surface area contributed by atoms with Gasteiger partial charge >= 0.3 is 5.97 Å². The monoisotopic (exact) mass is 274 g/mol. The van der Waals surface area contributed by atoms with Crippen LogP contribution in [0.15, 0.2) is 24.4 Å². The van der Waals surface area contributed by atoms with Gasteiger partial charge in [0.15, 0.2) is 5.69 Å². The van der Waals surface area contributed by atoms with Gasteiger partial charge in [-0.05, 0) is 25.1 Å². The average molecular weight is 274 g/mol. The van der Waals surface area contributed by atoms with Crippen LogP contribution in [0.4, 0.5) is 4.39 Å². The van der Waals surface area contributed by atoms with E-state index < -0.39 is 11.8 Å². The summed E-state index contributed by atoms with van der Waals surface area (Å²) in [5.74, 6) is -1.01. The van der Waals surface area contributed by atoms with Crippen LogP contribution in [-0.4, -0.2) is 33.0 Å². The Bertz CT molecular complexity index is 778. The summed E-state index contributed by atoms with van der Waals surface area (Å²) in [7, 11) is 0. The number of nitrogens with one attached hydrogen (secondary N) is 2. The first kappa shape index (κ1) is 12.3. The van der Waals surface area contributed by atoms with Crippen LogP contribution in [0, 0.1) is 5.82 Å². The molecule has 0 saturated carbocycles. The van der Waals surface area contributed by atoms with Crippen molar-refractivity contribution in [3.63, 3.8) is 0 Å². The maximum atomic E-state index is 13.9. The first-order valence-corrected chi connectivity index (χ1v) is 6.05. The molecular weight excluding hydrogens is 263 g/mol. The van der Waals surface area contributed by atoms with Crippen molar-refractivity contribution in [2.75, 3.05) is 6.61 Å². The van der Waals surface area contributed by atoms with Gasteiger partial charge in [-0.1, -0.05) is 0 Å². The van der Waals surface area contributed by atoms with E-state index in [2.05, 4.69) is 20.4 Å². The lowest BCUT2D eigenvalue weighted by Crippen LogP contribution is -2.06. The van der Waals surface area contributed by atoms with Crippen LogP contribution in [0.2, 0.25) is 0 Å². The molecule has 3 rings (SSSR count). The topological polar surface area (TPSA) is 83.7 Å². The molecular formula is C13H11FN4O2. The number of aromatic amines is 2. The van der Waals surface area contributed by atoms with Crippen molar-refractivity contribution >= 4 is 16.9 Å². The molecule has 0 saturated heterocycles. The highest BCUT2D eigenvalue weighted by atomic mass is 19.1. The average Bonchev–Trinajstić information content (AvgIpc) is 3.07. The van der Waals surface area contributed by atoms with E-state index in [1.54, 1.807) is 25.3 Å². The van der Waals surface area contributed by atoms with Crippen LogP contribution in [0.1, 0.15) is 17.4 Å². The number of benzene rings is 1. The van der Waals surface area contributed by atoms with Gasteiger partial charge < -0.3 is 9.72 Å². The highest BCUT2D eigenvalue weighted by Gasteiger charge is 2.20. The van der Waals surface area contributed by atoms with E-state index in [4.69, 9.17) is 4.74 Å². The van der Waals surface area contributed by atoms with Gasteiger partial charge in [0.05, 0.1) is 12.1 Å². The Morgan fingerprint density at radius 3 is 3.05 bits per heavy atom. The fourth-order valence-electron chi connectivity index (χ4n) is 2.04. The zero-order valence-corrected chi connectivity index (χ0v) is 10.6. The molecule has 7 heteroatoms. The highest BCUT2D eigenvalue weighted by molar-refractivity contribution is 5.95. The molecule has 3 aromatic rings. The van der Waals surface area contributed by atoms with E-state index in [-0.39, 0.29) is 18.0 Å². The fourth-order valence-corrected chi connectivity index (χ4v) is 2.04. The summed E-state index contributed by atoms with van der Waals surface area (Å²) in [6.45, 7) is 1.93. The first-order valence-electron chi connectivity index (χ1n) is 6.05. The van der Waals surface area contributed by atoms with Gasteiger partial charge in [-0.3, -0.25) is 0 Å². The minimum absolute atomic E-state index is 0.0427. The molecule has 0 aliphatic carbocycles. The van der Waals surface area contributed by atoms with Gasteiger partial charge in [0.1, 0.15) is 11.5 Å². The Balaban J connectivity index is 2.11. The molecule has 6 nitrogen and oxygen atoms in total. The van der Waals surface area contributed by atoms with Crippen LogP contribution in [-0.2, 0) is 4.74 Å². The number of H-pyrrole nitrogens is 2. The van der Waals surface area contributed by atoms with Gasteiger partial charge in [-0.2, -0.15) is 10.3 Å². The van der Waals surface area contributed by atoms with Gasteiger partial charge in [-0.25, -0.2) is 9.18 Å². The minimum Gasteiger partial charge on any atom is -0.461 e. The summed E-state index contributed by atoms with van der Waals surface area (Å²) in [6.07, 6.45) is 1.65. The maximum Gasteiger partial charge on any atom is 0.361 e. The lowest BCUT2D eigenvalue weighted by atomic mass is 10.1. The molecule has 20 heavy (non-hydrogen) atoms. The lowest BCUT2D eigenvalue weighted by Gasteiger charge is -2.02. The number of aromatic nitrogens is 4. The molecule has 0 aliphatic heterocycles. The van der Waals surface area contributed by atoms with Crippen LogP contribution >= 0.6 is 0 Å². The van der Waals surface area contributed by atoms with Crippen LogP contribution in [0.25, 0.3) is 22.2 Å². The maximum absolute atomic E-state index is 13.9. The van der Waals surface area contributed by atoms with Crippen molar-refractivity contribution in [2.24, 2.45) is 0 Å². The molecule has 0 fully saturated rings. The molecule has 2 N–H and O–H groups in total. The summed E-state index contributed by atoms with van der Waals surface area (Å²) < 4.78 is 18.8. The largest absolute Gasteiger partial charge is 0.461 e. The molecule has 0 atom stereocenters. The Morgan fingerprint density at radius 1 is 1.40 bits per heavy atom. The van der Waals surface area contributed by atoms with E-state index in [1.165, 1.54) is 6.07 Å². The second-order valence-corrected chi connectivity index (χ2v) is 4.14. The summed E-state index contributed by atoms with van der Waals surface area (Å²) in [5, 5.41) is 10.7. The summed E-state index contributed by atoms with van der Waals surface area (Å²) in [6, 6.07) is 4.78. The molecule has 0 aliphatic rings. The van der Waals surface area contributed by atoms with Gasteiger partial charge in [0, 0.05) is 17.1 Å². The van der Waals surface area contributed by atoms with Crippen molar-refractivity contribution in [1.82, 2.24) is 20.4 Å². The third-order valence-electron chi connectivity index (χ3n) is 2.90. The number of carbonyl (C=O) groups is 1. The Hall–Kier alpha value is -2.70. The van der Waals surface area contributed by atoms with Crippen molar-refractivity contribution in [3.8, 4) is 11.3 Å². The molecule has 1 aromatic carbocycles. The second kappa shape index (κ2) is 4.76. The van der Waals surface area contributed by atoms with Crippen LogP contribution in [0.5, 0.6) is 0 Å². The number of ether oxygens (including phenoxy) is 1. The molecule has 0 spiro atoms. The van der Waals surface area contributed by atoms with E-state index in [0.717, 1.165) is 0 Å². The van der Waals surface area contributed by atoms with Crippen LogP contribution in [0.3, 0.4) is 0 Å². The minimum atomic E-state index is -0.592. The molecule has 2 heterocycles. The fraction of sp³-hybridized carbons (Fsp3) is 0.154. The summed E-state index contributed by atoms with van der Waals surface area (Å²) >= 11 is 0. The Morgan fingerprint density at radius 2 is 2.25 bits per heavy atom. The molecule has 0 radical (unpaired) electrons. The number of hydrogen-bond acceptors (Lipinski definition) is 4. The van der Waals surface area contributed by atoms with Gasteiger partial charge in [-0.15, -0.1) is 5.10 Å². The highest BCUT2D eigenvalue weighted by Crippen LogP contribution is 2.26. The smallest absolute Gasteiger partial charge is 0.361 e. The second-order valence-electron chi connectivity index (χ2n) is 4.14. The third-order valence-corrected chi connectivity index (χ3v) is 2.90. The number of halogens is 1. The van der Waals surface area contributed by atoms with Crippen LogP contribution < -0.4 is 0 Å². The van der Waals surface area contributed by atoms with Crippen molar-refractivity contribution < 1.29 is 13.9 Å². The summed E-state index contributed by atoms with van der Waals surface area (Å²) in [5.41, 5.74) is 1.19. The van der Waals surface area contributed by atoms with Gasteiger partial charge in [0.2, 0.25) is 0 Å². The molecule has 0 bridgehead atoms. The van der Waals surface area contributed by atoms with Crippen molar-refractivity contribution in [1.29, 1.82) is 0 Å². The lowest BCUT2D eigenvalue weighted by molar-refractivity contribution is 0.0520. The summed E-state index contributed by atoms with van der Waals surface area (Å²) in [4.78, 5) is 14.6. The number of fused-ring (bicyclic) bond motifs is 1. The quantitative estimate of drug-likeness (QED) is 0.717. The first-order chi connectivity index (χ1) is 9.70. The Kier molecular flexibility index (Phi) is 2.94. The Labute approximate surface area is 113 Å². The van der Waals surface area contributed by atoms with E-state index in [9.17, 15) is 9.18 Å². The number of carbonyl (C=O) groups excluding carboxylic acids is 1. The van der Waals surface area contributed by atoms with E-state index in [0.29, 0.717) is 16.5 Å². The predicted octanol–water partition coefficient (Wildman–Crippen LogP) is 2.27. The molecule has 0 unspecified atom stereocenters. The van der Waals surface area contributed by atoms with Crippen molar-refractivity contribution in [3.05, 3.63) is 35.9 Å². The van der Waals surface area contributed by atoms with E-state index in [1.807, 2.05) is 0 Å². The third kappa shape index (κ3) is 1.93. The zero-order valence-electron chi connectivity index (χ0n) is 10.6. The normalized spacial score (nSPS) is 10.9. The predicted molar refractivity (Wildman–Crippen MR) is 69.6 cm³/mol. The SMILES string of the molecule is CCOC(=O)c1n[nH]nc1-c1cc(F)c2[nH]ccc2c1. The zero-order chi connectivity index (χ0) is 14.1. The molecule has 2 aromatic heterocycles. The molecule has 0 amide bonds. The number of nitrogens with zero attached hydrogens (tertiary/aromatic N) is 2. The standard InChI is InChI=1S/C13H11FN4O2/c1-2-20-13(19)12-11(16-18-17-12)8-5-7-3-4-15-10(7)9(14)6-8/h3-6,15H,2H2,1H3,(H,16,17,18). The number of rotatable bonds is 3.